The summed E-state index contributed by atoms with van der Waals surface area (Å²) in [5.41, 5.74) is 5.08. The third-order valence-electron chi connectivity index (χ3n) is 5.80. The van der Waals surface area contributed by atoms with E-state index in [1.807, 2.05) is 41.0 Å². The Morgan fingerprint density at radius 3 is 2.41 bits per heavy atom. The van der Waals surface area contributed by atoms with Crippen LogP contribution < -0.4 is 5.69 Å². The number of carboxylic acid groups (broad SMARTS) is 1. The van der Waals surface area contributed by atoms with Gasteiger partial charge in [0.2, 0.25) is 0 Å². The molecular weight excluding hydrogens is 400 g/mol. The number of rotatable bonds is 11. The van der Waals surface area contributed by atoms with Crippen LogP contribution in [0.15, 0.2) is 53.3 Å². The molecule has 0 aliphatic heterocycles. The molecule has 1 aromatic heterocycles. The molecule has 32 heavy (non-hydrogen) atoms. The molecule has 2 aromatic carbocycles. The largest absolute Gasteiger partial charge is 0.478 e. The van der Waals surface area contributed by atoms with Crippen LogP contribution in [-0.2, 0) is 19.4 Å². The van der Waals surface area contributed by atoms with Gasteiger partial charge in [-0.1, -0.05) is 82.5 Å². The molecule has 0 amide bonds. The van der Waals surface area contributed by atoms with Crippen molar-refractivity contribution in [3.8, 4) is 11.1 Å². The zero-order valence-corrected chi connectivity index (χ0v) is 19.4. The number of aromatic carboxylic acids is 1. The van der Waals surface area contributed by atoms with Crippen LogP contribution in [0.1, 0.15) is 73.8 Å². The third kappa shape index (κ3) is 5.78. The van der Waals surface area contributed by atoms with Gasteiger partial charge in [-0.05, 0) is 41.5 Å². The fourth-order valence-corrected chi connectivity index (χ4v) is 4.17. The molecule has 3 aromatic rings. The second-order valence-electron chi connectivity index (χ2n) is 8.89. The number of unbranched alkanes of at least 4 members (excludes halogenated alkanes) is 3. The molecule has 0 unspecified atom stereocenters. The summed E-state index contributed by atoms with van der Waals surface area (Å²) in [6, 6.07) is 15.1. The topological polar surface area (TPSA) is 75.1 Å². The van der Waals surface area contributed by atoms with E-state index in [9.17, 15) is 14.7 Å². The van der Waals surface area contributed by atoms with E-state index in [2.05, 4.69) is 25.8 Å². The predicted octanol–water partition coefficient (Wildman–Crippen LogP) is 5.91. The van der Waals surface area contributed by atoms with Gasteiger partial charge < -0.3 is 10.1 Å². The molecule has 2 N–H and O–H groups in total. The van der Waals surface area contributed by atoms with Crippen LogP contribution in [0.2, 0.25) is 0 Å². The summed E-state index contributed by atoms with van der Waals surface area (Å²) >= 11 is 0. The van der Waals surface area contributed by atoms with Gasteiger partial charge in [0, 0.05) is 24.4 Å². The van der Waals surface area contributed by atoms with Gasteiger partial charge in [0.05, 0.1) is 5.56 Å². The monoisotopic (exact) mass is 434 g/mol. The Balaban J connectivity index is 1.87. The number of nitrogens with zero attached hydrogens (tertiary/aromatic N) is 1. The Morgan fingerprint density at radius 1 is 1.03 bits per heavy atom. The molecule has 5 nitrogen and oxygen atoms in total. The number of aromatic nitrogens is 2. The summed E-state index contributed by atoms with van der Waals surface area (Å²) in [7, 11) is 0. The summed E-state index contributed by atoms with van der Waals surface area (Å²) in [6.07, 6.45) is 6.22. The molecule has 5 heteroatoms. The van der Waals surface area contributed by atoms with Gasteiger partial charge in [0.15, 0.2) is 0 Å². The first-order chi connectivity index (χ1) is 15.4. The number of carboxylic acids is 1. The lowest BCUT2D eigenvalue weighted by atomic mass is 9.97. The van der Waals surface area contributed by atoms with Gasteiger partial charge in [-0.3, -0.25) is 4.57 Å². The molecule has 0 spiro atoms. The number of benzene rings is 2. The Bertz CT molecular complexity index is 1090. The maximum atomic E-state index is 12.7. The van der Waals surface area contributed by atoms with Crippen molar-refractivity contribution in [3.05, 3.63) is 81.5 Å². The van der Waals surface area contributed by atoms with Crippen molar-refractivity contribution in [3.63, 3.8) is 0 Å². The number of imidazole rings is 1. The summed E-state index contributed by atoms with van der Waals surface area (Å²) in [6.45, 7) is 7.15. The average Bonchev–Trinajstić information content (AvgIpc) is 3.05. The number of hydrogen-bond acceptors (Lipinski definition) is 2. The maximum absolute atomic E-state index is 12.7. The lowest BCUT2D eigenvalue weighted by Crippen LogP contribution is -2.21. The Kier molecular flexibility index (Phi) is 8.09. The number of aryl methyl sites for hydroxylation is 1. The number of nitrogens with one attached hydrogen (secondary N) is 1. The van der Waals surface area contributed by atoms with Crippen LogP contribution in [0.4, 0.5) is 0 Å². The third-order valence-corrected chi connectivity index (χ3v) is 5.80. The van der Waals surface area contributed by atoms with Crippen molar-refractivity contribution >= 4 is 5.97 Å². The van der Waals surface area contributed by atoms with Crippen LogP contribution in [0.5, 0.6) is 0 Å². The Morgan fingerprint density at radius 2 is 1.75 bits per heavy atom. The van der Waals surface area contributed by atoms with Crippen molar-refractivity contribution in [1.29, 1.82) is 0 Å². The Labute approximate surface area is 190 Å². The van der Waals surface area contributed by atoms with Crippen LogP contribution in [0.3, 0.4) is 0 Å². The summed E-state index contributed by atoms with van der Waals surface area (Å²) in [5.74, 6) is -0.549. The Hall–Kier alpha value is -3.08. The lowest BCUT2D eigenvalue weighted by Gasteiger charge is -2.13. The molecule has 0 aliphatic rings. The first-order valence-corrected chi connectivity index (χ1v) is 11.6. The predicted molar refractivity (Wildman–Crippen MR) is 129 cm³/mol. The van der Waals surface area contributed by atoms with Gasteiger partial charge in [-0.15, -0.1) is 0 Å². The standard InChI is InChI=1S/C27H34N2O3/c1-4-5-6-7-12-24-25(29(18-19(2)3)27(32)28-24)17-20-13-15-21(16-14-20)22-10-8-9-11-23(22)26(30)31/h8-11,13-16,19H,4-7,12,17-18H2,1-3H3,(H,28,32)(H,30,31). The average molecular weight is 435 g/mol. The number of aromatic amines is 1. The molecule has 0 radical (unpaired) electrons. The van der Waals surface area contributed by atoms with Crippen molar-refractivity contribution in [2.75, 3.05) is 0 Å². The van der Waals surface area contributed by atoms with Crippen LogP contribution in [0, 0.1) is 5.92 Å². The fourth-order valence-electron chi connectivity index (χ4n) is 4.17. The van der Waals surface area contributed by atoms with E-state index in [0.717, 1.165) is 35.4 Å². The second-order valence-corrected chi connectivity index (χ2v) is 8.89. The maximum Gasteiger partial charge on any atom is 0.336 e. The summed E-state index contributed by atoms with van der Waals surface area (Å²) in [5, 5.41) is 9.48. The van der Waals surface area contributed by atoms with Crippen LogP contribution >= 0.6 is 0 Å². The number of carbonyl (C=O) groups is 1. The molecule has 0 fully saturated rings. The minimum absolute atomic E-state index is 0.0220. The van der Waals surface area contributed by atoms with Crippen molar-refractivity contribution in [2.45, 2.75) is 65.8 Å². The molecule has 0 atom stereocenters. The quantitative estimate of drug-likeness (QED) is 0.368. The van der Waals surface area contributed by atoms with Gasteiger partial charge in [-0.2, -0.15) is 0 Å². The van der Waals surface area contributed by atoms with Crippen LogP contribution in [0.25, 0.3) is 11.1 Å². The zero-order valence-electron chi connectivity index (χ0n) is 19.4. The van der Waals surface area contributed by atoms with Gasteiger partial charge in [0.1, 0.15) is 0 Å². The van der Waals surface area contributed by atoms with Gasteiger partial charge >= 0.3 is 11.7 Å². The first kappa shape index (κ1) is 23.6. The van der Waals surface area contributed by atoms with Crippen molar-refractivity contribution in [1.82, 2.24) is 9.55 Å². The molecule has 170 valence electrons. The molecule has 0 aliphatic carbocycles. The lowest BCUT2D eigenvalue weighted by molar-refractivity contribution is 0.0697. The summed E-state index contributed by atoms with van der Waals surface area (Å²) < 4.78 is 1.90. The van der Waals surface area contributed by atoms with E-state index in [1.165, 1.54) is 19.3 Å². The van der Waals surface area contributed by atoms with E-state index < -0.39 is 5.97 Å². The molecule has 1 heterocycles. The molecule has 0 saturated carbocycles. The minimum Gasteiger partial charge on any atom is -0.478 e. The molecule has 3 rings (SSSR count). The molecule has 0 bridgehead atoms. The smallest absolute Gasteiger partial charge is 0.336 e. The number of hydrogen-bond donors (Lipinski definition) is 2. The SMILES string of the molecule is CCCCCCc1[nH]c(=O)n(CC(C)C)c1Cc1ccc(-c2ccccc2C(=O)O)cc1. The van der Waals surface area contributed by atoms with E-state index in [0.29, 0.717) is 30.0 Å². The normalized spacial score (nSPS) is 11.2. The fraction of sp³-hybridized carbons (Fsp3) is 0.407. The minimum atomic E-state index is -0.928. The highest BCUT2D eigenvalue weighted by molar-refractivity contribution is 5.95. The van der Waals surface area contributed by atoms with Gasteiger partial charge in [0.25, 0.3) is 0 Å². The van der Waals surface area contributed by atoms with E-state index >= 15 is 0 Å². The zero-order chi connectivity index (χ0) is 23.1. The van der Waals surface area contributed by atoms with Gasteiger partial charge in [-0.25, -0.2) is 9.59 Å². The molecule has 0 saturated heterocycles. The van der Waals surface area contributed by atoms with Crippen molar-refractivity contribution < 1.29 is 9.90 Å². The highest BCUT2D eigenvalue weighted by Gasteiger charge is 2.16. The highest BCUT2D eigenvalue weighted by atomic mass is 16.4. The summed E-state index contributed by atoms with van der Waals surface area (Å²) in [4.78, 5) is 27.3. The molecular formula is C27H34N2O3. The van der Waals surface area contributed by atoms with Crippen molar-refractivity contribution in [2.24, 2.45) is 5.92 Å². The first-order valence-electron chi connectivity index (χ1n) is 11.6. The second kappa shape index (κ2) is 11.0. The van der Waals surface area contributed by atoms with E-state index in [4.69, 9.17) is 0 Å². The van der Waals surface area contributed by atoms with E-state index in [-0.39, 0.29) is 5.69 Å². The number of H-pyrrole nitrogens is 1. The van der Waals surface area contributed by atoms with Crippen LogP contribution in [-0.4, -0.2) is 20.6 Å². The highest BCUT2D eigenvalue weighted by Crippen LogP contribution is 2.25. The van der Waals surface area contributed by atoms with E-state index in [1.54, 1.807) is 12.1 Å².